The number of hydrogen-bond acceptors (Lipinski definition) is 5. The molecule has 0 aliphatic rings. The van der Waals surface area contributed by atoms with Gasteiger partial charge in [0.05, 0.1) is 24.0 Å². The van der Waals surface area contributed by atoms with E-state index in [2.05, 4.69) is 5.32 Å². The van der Waals surface area contributed by atoms with Crippen LogP contribution in [-0.4, -0.2) is 28.6 Å². The van der Waals surface area contributed by atoms with E-state index in [-0.39, 0.29) is 18.2 Å². The molecule has 0 aliphatic carbocycles. The molecule has 1 aromatic rings. The van der Waals surface area contributed by atoms with Crippen molar-refractivity contribution in [3.63, 3.8) is 0 Å². The molecule has 7 heteroatoms. The zero-order valence-corrected chi connectivity index (χ0v) is 10.8. The van der Waals surface area contributed by atoms with Gasteiger partial charge in [0.25, 0.3) is 5.69 Å². The van der Waals surface area contributed by atoms with Gasteiger partial charge in [-0.05, 0) is 13.8 Å². The topological polar surface area (TPSA) is 102 Å². The molecular formula is C12H16N2O5. The maximum atomic E-state index is 10.8. The van der Waals surface area contributed by atoms with Crippen LogP contribution < -0.4 is 10.1 Å². The van der Waals surface area contributed by atoms with Crippen LogP contribution >= 0.6 is 0 Å². The van der Waals surface area contributed by atoms with Crippen LogP contribution in [0.1, 0.15) is 20.3 Å². The van der Waals surface area contributed by atoms with Crippen LogP contribution in [0.25, 0.3) is 0 Å². The Balaban J connectivity index is 2.92. The van der Waals surface area contributed by atoms with Crippen LogP contribution in [-0.2, 0) is 4.79 Å². The van der Waals surface area contributed by atoms with Crippen molar-refractivity contribution in [3.8, 4) is 5.75 Å². The monoisotopic (exact) mass is 268 g/mol. The van der Waals surface area contributed by atoms with E-state index >= 15 is 0 Å². The Bertz CT molecular complexity index is 475. The van der Waals surface area contributed by atoms with Gasteiger partial charge in [0.15, 0.2) is 0 Å². The first-order chi connectivity index (χ1) is 8.92. The highest BCUT2D eigenvalue weighted by Gasteiger charge is 2.13. The number of nitro groups is 1. The Morgan fingerprint density at radius 2 is 2.21 bits per heavy atom. The van der Waals surface area contributed by atoms with Crippen LogP contribution in [0, 0.1) is 10.1 Å². The largest absolute Gasteiger partial charge is 0.494 e. The van der Waals surface area contributed by atoms with E-state index < -0.39 is 10.9 Å². The summed E-state index contributed by atoms with van der Waals surface area (Å²) in [5, 5.41) is 22.4. The van der Waals surface area contributed by atoms with Crippen LogP contribution in [0.15, 0.2) is 18.2 Å². The number of nitrogens with zero attached hydrogens (tertiary/aromatic N) is 1. The van der Waals surface area contributed by atoms with Gasteiger partial charge in [-0.25, -0.2) is 0 Å². The minimum Gasteiger partial charge on any atom is -0.494 e. The molecule has 104 valence electrons. The standard InChI is InChI=1S/C12H16N2O5/c1-3-19-11-6-9(5-10(7-11)14(17)18)13-8(2)4-12(15)16/h5-8,13H,3-4H2,1-2H3,(H,15,16). The van der Waals surface area contributed by atoms with Gasteiger partial charge in [-0.1, -0.05) is 0 Å². The average Bonchev–Trinajstić information content (AvgIpc) is 2.27. The van der Waals surface area contributed by atoms with Crippen molar-refractivity contribution >= 4 is 17.3 Å². The molecule has 19 heavy (non-hydrogen) atoms. The van der Waals surface area contributed by atoms with Crippen molar-refractivity contribution in [1.29, 1.82) is 0 Å². The average molecular weight is 268 g/mol. The summed E-state index contributed by atoms with van der Waals surface area (Å²) < 4.78 is 5.24. The summed E-state index contributed by atoms with van der Waals surface area (Å²) >= 11 is 0. The summed E-state index contributed by atoms with van der Waals surface area (Å²) in [6.45, 7) is 3.86. The number of non-ortho nitro benzene ring substituents is 1. The fourth-order valence-electron chi connectivity index (χ4n) is 1.62. The van der Waals surface area contributed by atoms with Crippen molar-refractivity contribution in [3.05, 3.63) is 28.3 Å². The van der Waals surface area contributed by atoms with E-state index in [0.717, 1.165) is 0 Å². The minimum absolute atomic E-state index is 0.0767. The summed E-state index contributed by atoms with van der Waals surface area (Å²) in [7, 11) is 0. The van der Waals surface area contributed by atoms with Gasteiger partial charge in [0, 0.05) is 23.9 Å². The fraction of sp³-hybridized carbons (Fsp3) is 0.417. The SMILES string of the molecule is CCOc1cc(NC(C)CC(=O)O)cc([N+](=O)[O-])c1. The molecule has 7 nitrogen and oxygen atoms in total. The number of carboxylic acids is 1. The van der Waals surface area contributed by atoms with Crippen LogP contribution in [0.2, 0.25) is 0 Å². The second-order valence-corrected chi connectivity index (χ2v) is 4.05. The molecule has 1 atom stereocenters. The molecule has 0 aliphatic heterocycles. The Morgan fingerprint density at radius 3 is 2.74 bits per heavy atom. The lowest BCUT2D eigenvalue weighted by molar-refractivity contribution is -0.384. The van der Waals surface area contributed by atoms with Gasteiger partial charge in [-0.3, -0.25) is 14.9 Å². The number of carboxylic acid groups (broad SMARTS) is 1. The molecule has 0 aromatic heterocycles. The highest BCUT2D eigenvalue weighted by atomic mass is 16.6. The molecule has 1 aromatic carbocycles. The Labute approximate surface area is 110 Å². The lowest BCUT2D eigenvalue weighted by atomic mass is 10.2. The van der Waals surface area contributed by atoms with Gasteiger partial charge in [-0.2, -0.15) is 0 Å². The van der Waals surface area contributed by atoms with Gasteiger partial charge in [0.1, 0.15) is 5.75 Å². The highest BCUT2D eigenvalue weighted by molar-refractivity contribution is 5.68. The molecule has 0 radical (unpaired) electrons. The first kappa shape index (κ1) is 14.7. The van der Waals surface area contributed by atoms with Crippen LogP contribution in [0.4, 0.5) is 11.4 Å². The molecular weight excluding hydrogens is 252 g/mol. The Kier molecular flexibility index (Phi) is 5.11. The van der Waals surface area contributed by atoms with E-state index in [1.54, 1.807) is 19.9 Å². The number of benzene rings is 1. The molecule has 0 heterocycles. The smallest absolute Gasteiger partial charge is 0.305 e. The number of carbonyl (C=O) groups is 1. The summed E-state index contributed by atoms with van der Waals surface area (Å²) in [5.74, 6) is -0.558. The van der Waals surface area contributed by atoms with Gasteiger partial charge in [0.2, 0.25) is 0 Å². The third-order valence-electron chi connectivity index (χ3n) is 2.31. The minimum atomic E-state index is -0.935. The van der Waals surface area contributed by atoms with Crippen molar-refractivity contribution in [2.45, 2.75) is 26.3 Å². The third-order valence-corrected chi connectivity index (χ3v) is 2.31. The molecule has 0 saturated heterocycles. The zero-order chi connectivity index (χ0) is 14.4. The number of ether oxygens (including phenoxy) is 1. The van der Waals surface area contributed by atoms with E-state index in [9.17, 15) is 14.9 Å². The first-order valence-electron chi connectivity index (χ1n) is 5.83. The normalized spacial score (nSPS) is 11.7. The fourth-order valence-corrected chi connectivity index (χ4v) is 1.62. The molecule has 0 spiro atoms. The summed E-state index contributed by atoms with van der Waals surface area (Å²) in [5.41, 5.74) is 0.363. The van der Waals surface area contributed by atoms with Crippen molar-refractivity contribution in [1.82, 2.24) is 0 Å². The number of anilines is 1. The number of nitrogens with one attached hydrogen (secondary N) is 1. The van der Waals surface area contributed by atoms with Gasteiger partial charge >= 0.3 is 5.97 Å². The molecule has 0 saturated carbocycles. The highest BCUT2D eigenvalue weighted by Crippen LogP contribution is 2.26. The lowest BCUT2D eigenvalue weighted by Gasteiger charge is -2.14. The second kappa shape index (κ2) is 6.58. The number of hydrogen-bond donors (Lipinski definition) is 2. The maximum Gasteiger partial charge on any atom is 0.305 e. The Morgan fingerprint density at radius 1 is 1.53 bits per heavy atom. The first-order valence-corrected chi connectivity index (χ1v) is 5.83. The summed E-state index contributed by atoms with van der Waals surface area (Å²) in [4.78, 5) is 20.9. The number of nitro benzene ring substituents is 1. The zero-order valence-electron chi connectivity index (χ0n) is 10.8. The van der Waals surface area contributed by atoms with Crippen molar-refractivity contribution in [2.75, 3.05) is 11.9 Å². The van der Waals surface area contributed by atoms with Crippen molar-refractivity contribution in [2.24, 2.45) is 0 Å². The van der Waals surface area contributed by atoms with E-state index in [4.69, 9.17) is 9.84 Å². The number of rotatable bonds is 7. The van der Waals surface area contributed by atoms with Crippen LogP contribution in [0.3, 0.4) is 0 Å². The molecule has 1 rings (SSSR count). The molecule has 0 amide bonds. The van der Waals surface area contributed by atoms with Crippen LogP contribution in [0.5, 0.6) is 5.75 Å². The second-order valence-electron chi connectivity index (χ2n) is 4.05. The van der Waals surface area contributed by atoms with Gasteiger partial charge in [-0.15, -0.1) is 0 Å². The molecule has 0 fully saturated rings. The molecule has 2 N–H and O–H groups in total. The summed E-state index contributed by atoms with van der Waals surface area (Å²) in [6.07, 6.45) is -0.0767. The quantitative estimate of drug-likeness (QED) is 0.581. The number of aliphatic carboxylic acids is 1. The lowest BCUT2D eigenvalue weighted by Crippen LogP contribution is -2.19. The Hall–Kier alpha value is -2.31. The van der Waals surface area contributed by atoms with Gasteiger partial charge < -0.3 is 15.2 Å². The molecule has 1 unspecified atom stereocenters. The van der Waals surface area contributed by atoms with E-state index in [1.165, 1.54) is 12.1 Å². The van der Waals surface area contributed by atoms with E-state index in [0.29, 0.717) is 18.0 Å². The van der Waals surface area contributed by atoms with E-state index in [1.807, 2.05) is 0 Å². The predicted octanol–water partition coefficient (Wildman–Crippen LogP) is 2.27. The maximum absolute atomic E-state index is 10.8. The molecule has 0 bridgehead atoms. The van der Waals surface area contributed by atoms with Crippen molar-refractivity contribution < 1.29 is 19.6 Å². The predicted molar refractivity (Wildman–Crippen MR) is 69.6 cm³/mol. The summed E-state index contributed by atoms with van der Waals surface area (Å²) in [6, 6.07) is 3.95. The third kappa shape index (κ3) is 4.82.